The van der Waals surface area contributed by atoms with Gasteiger partial charge in [0.25, 0.3) is 5.91 Å². The van der Waals surface area contributed by atoms with Gasteiger partial charge in [-0.1, -0.05) is 23.2 Å². The third-order valence-corrected chi connectivity index (χ3v) is 3.18. The lowest BCUT2D eigenvalue weighted by molar-refractivity contribution is -0.147. The molecule has 0 atom stereocenters. The zero-order valence-electron chi connectivity index (χ0n) is 10.7. The number of benzene rings is 1. The van der Waals surface area contributed by atoms with Crippen molar-refractivity contribution in [1.82, 2.24) is 5.32 Å². The maximum absolute atomic E-state index is 11.8. The molecule has 0 aliphatic rings. The van der Waals surface area contributed by atoms with Crippen molar-refractivity contribution in [2.75, 3.05) is 6.54 Å². The predicted molar refractivity (Wildman–Crippen MR) is 74.8 cm³/mol. The molecular formula is C13H15Cl2NO3. The first-order valence-corrected chi connectivity index (χ1v) is 6.45. The molecular weight excluding hydrogens is 289 g/mol. The van der Waals surface area contributed by atoms with Gasteiger partial charge in [-0.05, 0) is 38.5 Å². The maximum Gasteiger partial charge on any atom is 0.309 e. The number of carboxylic acid groups (broad SMARTS) is 1. The van der Waals surface area contributed by atoms with E-state index >= 15 is 0 Å². The number of hydrogen-bond acceptors (Lipinski definition) is 2. The van der Waals surface area contributed by atoms with Crippen molar-refractivity contribution in [3.8, 4) is 0 Å². The normalized spacial score (nSPS) is 11.2. The van der Waals surface area contributed by atoms with Crippen LogP contribution in [0.4, 0.5) is 0 Å². The highest BCUT2D eigenvalue weighted by atomic mass is 35.5. The summed E-state index contributed by atoms with van der Waals surface area (Å²) in [4.78, 5) is 22.7. The highest BCUT2D eigenvalue weighted by molar-refractivity contribution is 6.35. The molecule has 1 rings (SSSR count). The largest absolute Gasteiger partial charge is 0.481 e. The van der Waals surface area contributed by atoms with Gasteiger partial charge >= 0.3 is 5.97 Å². The molecule has 0 saturated heterocycles. The lowest BCUT2D eigenvalue weighted by Gasteiger charge is -2.18. The first kappa shape index (κ1) is 15.8. The molecule has 1 aromatic carbocycles. The molecule has 0 unspecified atom stereocenters. The summed E-state index contributed by atoms with van der Waals surface area (Å²) in [5.41, 5.74) is -0.523. The number of nitrogens with one attached hydrogen (secondary N) is 1. The SMILES string of the molecule is CC(C)(CCNC(=O)c1cc(Cl)cc(Cl)c1)C(=O)O. The van der Waals surface area contributed by atoms with E-state index in [1.165, 1.54) is 18.2 Å². The van der Waals surface area contributed by atoms with Gasteiger partial charge in [-0.3, -0.25) is 9.59 Å². The summed E-state index contributed by atoms with van der Waals surface area (Å²) < 4.78 is 0. The average molecular weight is 304 g/mol. The Morgan fingerprint density at radius 2 is 1.74 bits per heavy atom. The molecule has 104 valence electrons. The third kappa shape index (κ3) is 4.73. The second kappa shape index (κ2) is 6.26. The highest BCUT2D eigenvalue weighted by Crippen LogP contribution is 2.20. The van der Waals surface area contributed by atoms with Gasteiger partial charge in [0.1, 0.15) is 0 Å². The molecule has 0 spiro atoms. The summed E-state index contributed by atoms with van der Waals surface area (Å²) in [6.45, 7) is 3.48. The standard InChI is InChI=1S/C13H15Cl2NO3/c1-13(2,12(18)19)3-4-16-11(17)8-5-9(14)7-10(15)6-8/h5-7H,3-4H2,1-2H3,(H,16,17)(H,18,19). The molecule has 2 N–H and O–H groups in total. The summed E-state index contributed by atoms with van der Waals surface area (Å²) >= 11 is 11.6. The zero-order chi connectivity index (χ0) is 14.6. The number of rotatable bonds is 5. The van der Waals surface area contributed by atoms with Crippen LogP contribution in [0.5, 0.6) is 0 Å². The lowest BCUT2D eigenvalue weighted by atomic mass is 9.90. The molecule has 0 aliphatic carbocycles. The fourth-order valence-electron chi connectivity index (χ4n) is 1.38. The number of carbonyl (C=O) groups is 2. The minimum atomic E-state index is -0.896. The van der Waals surface area contributed by atoms with E-state index in [-0.39, 0.29) is 12.5 Å². The molecule has 0 heterocycles. The fraction of sp³-hybridized carbons (Fsp3) is 0.385. The molecule has 0 saturated carbocycles. The summed E-state index contributed by atoms with van der Waals surface area (Å²) in [7, 11) is 0. The zero-order valence-corrected chi connectivity index (χ0v) is 12.2. The fourth-order valence-corrected chi connectivity index (χ4v) is 1.91. The minimum Gasteiger partial charge on any atom is -0.481 e. The second-order valence-corrected chi connectivity index (χ2v) is 5.73. The van der Waals surface area contributed by atoms with Crippen molar-refractivity contribution in [1.29, 1.82) is 0 Å². The van der Waals surface area contributed by atoms with E-state index in [2.05, 4.69) is 5.32 Å². The van der Waals surface area contributed by atoms with E-state index in [9.17, 15) is 9.59 Å². The Labute approximate surface area is 121 Å². The van der Waals surface area contributed by atoms with Crippen LogP contribution in [0.2, 0.25) is 10.0 Å². The van der Waals surface area contributed by atoms with Crippen LogP contribution in [0.3, 0.4) is 0 Å². The molecule has 1 aromatic rings. The molecule has 4 nitrogen and oxygen atoms in total. The molecule has 0 bridgehead atoms. The summed E-state index contributed by atoms with van der Waals surface area (Å²) in [5.74, 6) is -1.22. The van der Waals surface area contributed by atoms with Gasteiger partial charge in [-0.2, -0.15) is 0 Å². The van der Waals surface area contributed by atoms with Gasteiger partial charge in [0, 0.05) is 22.2 Å². The van der Waals surface area contributed by atoms with Crippen molar-refractivity contribution >= 4 is 35.1 Å². The van der Waals surface area contributed by atoms with Crippen molar-refractivity contribution in [3.63, 3.8) is 0 Å². The quantitative estimate of drug-likeness (QED) is 0.877. The van der Waals surface area contributed by atoms with E-state index in [4.69, 9.17) is 28.3 Å². The van der Waals surface area contributed by atoms with Gasteiger partial charge in [-0.15, -0.1) is 0 Å². The molecule has 0 fully saturated rings. The molecule has 6 heteroatoms. The van der Waals surface area contributed by atoms with Crippen molar-refractivity contribution in [2.45, 2.75) is 20.3 Å². The Morgan fingerprint density at radius 1 is 1.21 bits per heavy atom. The van der Waals surface area contributed by atoms with Crippen molar-refractivity contribution in [2.24, 2.45) is 5.41 Å². The van der Waals surface area contributed by atoms with Gasteiger partial charge in [-0.25, -0.2) is 0 Å². The molecule has 0 aliphatic heterocycles. The van der Waals surface area contributed by atoms with E-state index in [0.717, 1.165) is 0 Å². The predicted octanol–water partition coefficient (Wildman–Crippen LogP) is 3.22. The minimum absolute atomic E-state index is 0.266. The second-order valence-electron chi connectivity index (χ2n) is 4.85. The average Bonchev–Trinajstić information content (AvgIpc) is 2.27. The molecule has 1 amide bonds. The number of carboxylic acids is 1. The van der Waals surface area contributed by atoms with Gasteiger partial charge in [0.05, 0.1) is 5.41 Å². The van der Waals surface area contributed by atoms with E-state index in [0.29, 0.717) is 22.0 Å². The molecule has 0 radical (unpaired) electrons. The van der Waals surface area contributed by atoms with Crippen molar-refractivity contribution < 1.29 is 14.7 Å². The van der Waals surface area contributed by atoms with Crippen LogP contribution in [-0.2, 0) is 4.79 Å². The first-order valence-electron chi connectivity index (χ1n) is 5.70. The summed E-state index contributed by atoms with van der Waals surface area (Å²) in [6, 6.07) is 4.55. The van der Waals surface area contributed by atoms with E-state index < -0.39 is 11.4 Å². The Bertz CT molecular complexity index is 480. The molecule has 0 aromatic heterocycles. The van der Waals surface area contributed by atoms with Gasteiger partial charge in [0.15, 0.2) is 0 Å². The van der Waals surface area contributed by atoms with Crippen LogP contribution >= 0.6 is 23.2 Å². The van der Waals surface area contributed by atoms with E-state index in [1.54, 1.807) is 13.8 Å². The Balaban J connectivity index is 2.59. The number of amides is 1. The smallest absolute Gasteiger partial charge is 0.309 e. The monoisotopic (exact) mass is 303 g/mol. The number of hydrogen-bond donors (Lipinski definition) is 2. The van der Waals surface area contributed by atoms with Gasteiger partial charge in [0.2, 0.25) is 0 Å². The number of halogens is 2. The third-order valence-electron chi connectivity index (χ3n) is 2.74. The van der Waals surface area contributed by atoms with E-state index in [1.807, 2.05) is 0 Å². The van der Waals surface area contributed by atoms with Crippen LogP contribution in [0.15, 0.2) is 18.2 Å². The summed E-state index contributed by atoms with van der Waals surface area (Å²) in [5, 5.41) is 12.4. The van der Waals surface area contributed by atoms with Crippen molar-refractivity contribution in [3.05, 3.63) is 33.8 Å². The van der Waals surface area contributed by atoms with Crippen LogP contribution in [0.25, 0.3) is 0 Å². The Morgan fingerprint density at radius 3 is 2.21 bits per heavy atom. The molecule has 19 heavy (non-hydrogen) atoms. The van der Waals surface area contributed by atoms with Crippen LogP contribution in [-0.4, -0.2) is 23.5 Å². The van der Waals surface area contributed by atoms with Gasteiger partial charge < -0.3 is 10.4 Å². The Hall–Kier alpha value is -1.26. The maximum atomic E-state index is 11.8. The topological polar surface area (TPSA) is 66.4 Å². The first-order chi connectivity index (χ1) is 8.72. The van der Waals surface area contributed by atoms with Crippen LogP contribution < -0.4 is 5.32 Å². The number of aliphatic carboxylic acids is 1. The summed E-state index contributed by atoms with van der Waals surface area (Å²) in [6.07, 6.45) is 0.336. The lowest BCUT2D eigenvalue weighted by Crippen LogP contribution is -2.31. The van der Waals surface area contributed by atoms with Crippen LogP contribution in [0, 0.1) is 5.41 Å². The number of carbonyl (C=O) groups excluding carboxylic acids is 1. The highest BCUT2D eigenvalue weighted by Gasteiger charge is 2.26. The Kier molecular flexibility index (Phi) is 5.20. The van der Waals surface area contributed by atoms with Crippen LogP contribution in [0.1, 0.15) is 30.6 Å².